The summed E-state index contributed by atoms with van der Waals surface area (Å²) in [5.41, 5.74) is 1.78. The van der Waals surface area contributed by atoms with Crippen LogP contribution in [0.25, 0.3) is 16.3 Å². The van der Waals surface area contributed by atoms with Crippen LogP contribution in [0.4, 0.5) is 23.2 Å². The van der Waals surface area contributed by atoms with Crippen molar-refractivity contribution in [3.05, 3.63) is 23.0 Å². The normalized spacial score (nSPS) is 21.1. The van der Waals surface area contributed by atoms with Crippen LogP contribution in [-0.2, 0) is 10.0 Å². The summed E-state index contributed by atoms with van der Waals surface area (Å²) in [6.07, 6.45) is 5.82. The fourth-order valence-corrected chi connectivity index (χ4v) is 7.41. The summed E-state index contributed by atoms with van der Waals surface area (Å²) in [4.78, 5) is 6.50. The van der Waals surface area contributed by atoms with Gasteiger partial charge in [-0.3, -0.25) is 9.72 Å². The molecule has 4 heterocycles. The topological polar surface area (TPSA) is 105 Å². The molecule has 9 nitrogen and oxygen atoms in total. The maximum atomic E-state index is 14.4. The second kappa shape index (κ2) is 10.8. The lowest BCUT2D eigenvalue weighted by Gasteiger charge is -2.37. The van der Waals surface area contributed by atoms with E-state index in [-0.39, 0.29) is 27.9 Å². The van der Waals surface area contributed by atoms with Crippen molar-refractivity contribution in [2.45, 2.75) is 81.8 Å². The highest BCUT2D eigenvalue weighted by molar-refractivity contribution is 7.89. The Hall–Kier alpha value is -2.80. The third-order valence-corrected chi connectivity index (χ3v) is 9.57. The number of aromatic nitrogens is 4. The van der Waals surface area contributed by atoms with E-state index in [4.69, 9.17) is 11.4 Å². The number of fused-ring (bicyclic) bond motifs is 1. The van der Waals surface area contributed by atoms with Crippen molar-refractivity contribution in [2.75, 3.05) is 18.0 Å². The molecule has 2 N–H and O–H groups in total. The molecule has 5 rings (SSSR count). The SMILES string of the molecule is C#C[C@H]1CN(c2cc(S(=O)(=O)N[C@@H](C(C)C)C(C)(F)F)cn3c(-c4nnc(C(F)F)s4)c(C4CC4)nc23)C[C@H](C)N1. The molecule has 1 saturated carbocycles. The number of hydrogen-bond acceptors (Lipinski definition) is 8. The predicted octanol–water partition coefficient (Wildman–Crippen LogP) is 4.43. The Bertz CT molecular complexity index is 1590. The van der Waals surface area contributed by atoms with Gasteiger partial charge in [0.05, 0.1) is 23.5 Å². The summed E-state index contributed by atoms with van der Waals surface area (Å²) in [6.45, 7) is 6.42. The van der Waals surface area contributed by atoms with E-state index in [1.54, 1.807) is 0 Å². The van der Waals surface area contributed by atoms with Gasteiger partial charge in [-0.05, 0) is 31.7 Å². The molecular formula is C26H31F4N7O2S2. The summed E-state index contributed by atoms with van der Waals surface area (Å²) in [5.74, 6) is -1.32. The van der Waals surface area contributed by atoms with Gasteiger partial charge in [-0.1, -0.05) is 31.1 Å². The van der Waals surface area contributed by atoms with E-state index in [0.29, 0.717) is 54.1 Å². The molecular weight excluding hydrogens is 582 g/mol. The summed E-state index contributed by atoms with van der Waals surface area (Å²) in [5, 5.41) is 10.6. The minimum absolute atomic E-state index is 0.0411. The maximum absolute atomic E-state index is 14.4. The lowest BCUT2D eigenvalue weighted by molar-refractivity contribution is -0.0255. The van der Waals surface area contributed by atoms with Crippen molar-refractivity contribution in [3.8, 4) is 23.0 Å². The van der Waals surface area contributed by atoms with Gasteiger partial charge in [-0.15, -0.1) is 16.6 Å². The van der Waals surface area contributed by atoms with Gasteiger partial charge in [0, 0.05) is 38.2 Å². The lowest BCUT2D eigenvalue weighted by atomic mass is 10.0. The zero-order chi connectivity index (χ0) is 29.9. The van der Waals surface area contributed by atoms with Gasteiger partial charge in [0.15, 0.2) is 15.7 Å². The van der Waals surface area contributed by atoms with Gasteiger partial charge in [-0.2, -0.15) is 0 Å². The molecule has 2 aliphatic rings. The highest BCUT2D eigenvalue weighted by atomic mass is 32.2. The summed E-state index contributed by atoms with van der Waals surface area (Å²) >= 11 is 0.703. The average molecular weight is 614 g/mol. The number of sulfonamides is 1. The first-order valence-corrected chi connectivity index (χ1v) is 15.5. The monoisotopic (exact) mass is 613 g/mol. The van der Waals surface area contributed by atoms with E-state index in [2.05, 4.69) is 26.2 Å². The number of pyridine rings is 1. The van der Waals surface area contributed by atoms with Crippen molar-refractivity contribution >= 4 is 32.7 Å². The molecule has 3 aromatic rings. The average Bonchev–Trinajstić information content (AvgIpc) is 3.48. The Balaban J connectivity index is 1.74. The Kier molecular flexibility index (Phi) is 7.82. The van der Waals surface area contributed by atoms with Crippen molar-refractivity contribution in [3.63, 3.8) is 0 Å². The highest BCUT2D eigenvalue weighted by Gasteiger charge is 2.40. The number of anilines is 1. The Morgan fingerprint density at radius 3 is 2.51 bits per heavy atom. The number of imidazole rings is 1. The van der Waals surface area contributed by atoms with Gasteiger partial charge in [0.25, 0.3) is 12.3 Å². The number of alkyl halides is 4. The lowest BCUT2D eigenvalue weighted by Crippen LogP contribution is -2.55. The molecule has 1 aliphatic heterocycles. The van der Waals surface area contributed by atoms with Crippen LogP contribution in [0, 0.1) is 18.3 Å². The second-order valence-electron chi connectivity index (χ2n) is 11.1. The largest absolute Gasteiger partial charge is 0.364 e. The summed E-state index contributed by atoms with van der Waals surface area (Å²) in [6, 6.07) is -0.651. The van der Waals surface area contributed by atoms with Gasteiger partial charge < -0.3 is 4.90 Å². The number of rotatable bonds is 9. The molecule has 1 aliphatic carbocycles. The Morgan fingerprint density at radius 2 is 1.95 bits per heavy atom. The molecule has 0 bridgehead atoms. The molecule has 0 unspecified atom stereocenters. The molecule has 3 atom stereocenters. The first-order chi connectivity index (χ1) is 19.2. The van der Waals surface area contributed by atoms with Gasteiger partial charge >= 0.3 is 0 Å². The van der Waals surface area contributed by atoms with E-state index in [0.717, 1.165) is 12.8 Å². The van der Waals surface area contributed by atoms with Crippen molar-refractivity contribution in [2.24, 2.45) is 5.92 Å². The molecule has 222 valence electrons. The predicted molar refractivity (Wildman–Crippen MR) is 148 cm³/mol. The Morgan fingerprint density at radius 1 is 1.24 bits per heavy atom. The van der Waals surface area contributed by atoms with Gasteiger partial charge in [-0.25, -0.2) is 35.7 Å². The standard InChI is InChI=1S/C26H31F4N7O2S2/c1-6-16-11-36(10-14(4)31-16)18-9-17(41(38,39)35-21(13(2)3)26(5,29)30)12-37-20(19(15-7-8-15)32-23(18)37)24-33-34-25(40-24)22(27)28/h1,9,12-16,21-22,31,35H,7-8,10-11H2,2-5H3/t14-,16-,21-/m0/s1. The van der Waals surface area contributed by atoms with E-state index in [1.165, 1.54) is 30.5 Å². The number of nitrogens with zero attached hydrogens (tertiary/aromatic N) is 5. The van der Waals surface area contributed by atoms with Crippen LogP contribution >= 0.6 is 11.3 Å². The number of halogens is 4. The smallest absolute Gasteiger partial charge is 0.291 e. The molecule has 0 aromatic carbocycles. The fraction of sp³-hybridized carbons (Fsp3) is 0.577. The molecule has 0 radical (unpaired) electrons. The Labute approximate surface area is 239 Å². The number of terminal acetylenes is 1. The number of piperazine rings is 1. The van der Waals surface area contributed by atoms with E-state index in [9.17, 15) is 26.0 Å². The first kappa shape index (κ1) is 29.7. The van der Waals surface area contributed by atoms with Crippen LogP contribution in [0.1, 0.15) is 63.6 Å². The van der Waals surface area contributed by atoms with Crippen LogP contribution in [-0.4, -0.2) is 65.1 Å². The maximum Gasteiger partial charge on any atom is 0.291 e. The van der Waals surface area contributed by atoms with Gasteiger partial charge in [0.1, 0.15) is 10.6 Å². The van der Waals surface area contributed by atoms with E-state index < -0.39 is 39.3 Å². The minimum Gasteiger partial charge on any atom is -0.364 e. The fourth-order valence-electron chi connectivity index (χ4n) is 5.20. The third-order valence-electron chi connectivity index (χ3n) is 7.23. The van der Waals surface area contributed by atoms with Gasteiger partial charge in [0.2, 0.25) is 10.0 Å². The van der Waals surface area contributed by atoms with Crippen LogP contribution in [0.3, 0.4) is 0 Å². The number of nitrogens with one attached hydrogen (secondary N) is 2. The highest BCUT2D eigenvalue weighted by Crippen LogP contribution is 2.46. The quantitative estimate of drug-likeness (QED) is 0.272. The molecule has 15 heteroatoms. The van der Waals surface area contributed by atoms with Crippen molar-refractivity contribution in [1.29, 1.82) is 0 Å². The van der Waals surface area contributed by atoms with Crippen molar-refractivity contribution < 1.29 is 26.0 Å². The molecule has 0 spiro atoms. The zero-order valence-corrected chi connectivity index (χ0v) is 24.5. The molecule has 41 heavy (non-hydrogen) atoms. The molecule has 3 aromatic heterocycles. The van der Waals surface area contributed by atoms with Crippen LogP contribution in [0.5, 0.6) is 0 Å². The molecule has 1 saturated heterocycles. The molecule has 0 amide bonds. The summed E-state index contributed by atoms with van der Waals surface area (Å²) in [7, 11) is -4.49. The first-order valence-electron chi connectivity index (χ1n) is 13.2. The summed E-state index contributed by atoms with van der Waals surface area (Å²) < 4.78 is 86.8. The van der Waals surface area contributed by atoms with Crippen LogP contribution in [0.2, 0.25) is 0 Å². The minimum atomic E-state index is -4.49. The third kappa shape index (κ3) is 5.93. The van der Waals surface area contributed by atoms with Crippen LogP contribution < -0.4 is 14.9 Å². The van der Waals surface area contributed by atoms with Crippen LogP contribution in [0.15, 0.2) is 17.2 Å². The second-order valence-corrected chi connectivity index (χ2v) is 13.8. The van der Waals surface area contributed by atoms with E-state index >= 15 is 0 Å². The zero-order valence-electron chi connectivity index (χ0n) is 22.9. The molecule has 2 fully saturated rings. The van der Waals surface area contributed by atoms with E-state index in [1.807, 2.05) is 11.8 Å². The number of hydrogen-bond donors (Lipinski definition) is 2. The van der Waals surface area contributed by atoms with Crippen molar-refractivity contribution in [1.82, 2.24) is 29.6 Å².